The Morgan fingerprint density at radius 2 is 1.93 bits per heavy atom. The number of carbonyl (C=O) groups excluding carboxylic acids is 1. The number of aromatic nitrogens is 2. The molecule has 0 aliphatic heterocycles. The first kappa shape index (κ1) is 18.8. The first-order chi connectivity index (χ1) is 13.1. The number of thioether (sulfide) groups is 1. The van der Waals surface area contributed by atoms with Gasteiger partial charge in [-0.3, -0.25) is 9.78 Å². The number of nitrogens with zero attached hydrogens (tertiary/aromatic N) is 2. The van der Waals surface area contributed by atoms with Gasteiger partial charge in [0, 0.05) is 11.6 Å². The predicted molar refractivity (Wildman–Crippen MR) is 107 cm³/mol. The largest absolute Gasteiger partial charge is 0.480 e. The standard InChI is InChI=1S/C20H19N3O3S/c1-27-11-9-17(20(25)26)23-19(24)14-12-18(16-8-4-5-10-21-16)22-15-7-3-2-6-13(14)15/h2-8,10,12,17H,9,11H2,1H3,(H,23,24)(H,25,26)/t17-/m0/s1. The van der Waals surface area contributed by atoms with Crippen LogP contribution in [0.1, 0.15) is 16.8 Å². The second kappa shape index (κ2) is 8.64. The van der Waals surface area contributed by atoms with Gasteiger partial charge >= 0.3 is 5.97 Å². The van der Waals surface area contributed by atoms with Gasteiger partial charge in [0.25, 0.3) is 5.91 Å². The molecule has 0 spiro atoms. The molecule has 0 aliphatic rings. The molecule has 0 saturated heterocycles. The Kier molecular flexibility index (Phi) is 6.03. The first-order valence-electron chi connectivity index (χ1n) is 8.44. The third kappa shape index (κ3) is 4.43. The summed E-state index contributed by atoms with van der Waals surface area (Å²) in [6, 6.07) is 13.5. The van der Waals surface area contributed by atoms with Gasteiger partial charge in [0.05, 0.1) is 22.5 Å². The monoisotopic (exact) mass is 381 g/mol. The van der Waals surface area contributed by atoms with Crippen LogP contribution in [0.4, 0.5) is 0 Å². The molecule has 7 heteroatoms. The minimum absolute atomic E-state index is 0.359. The van der Waals surface area contributed by atoms with E-state index >= 15 is 0 Å². The summed E-state index contributed by atoms with van der Waals surface area (Å²) < 4.78 is 0. The lowest BCUT2D eigenvalue weighted by molar-refractivity contribution is -0.139. The number of aliphatic carboxylic acids is 1. The van der Waals surface area contributed by atoms with E-state index in [1.807, 2.05) is 36.6 Å². The molecule has 3 rings (SSSR count). The lowest BCUT2D eigenvalue weighted by Crippen LogP contribution is -2.41. The van der Waals surface area contributed by atoms with E-state index < -0.39 is 17.9 Å². The molecule has 27 heavy (non-hydrogen) atoms. The summed E-state index contributed by atoms with van der Waals surface area (Å²) in [5.41, 5.74) is 2.25. The Hall–Kier alpha value is -2.93. The highest BCUT2D eigenvalue weighted by Crippen LogP contribution is 2.23. The van der Waals surface area contributed by atoms with Crippen molar-refractivity contribution in [2.75, 3.05) is 12.0 Å². The average molecular weight is 381 g/mol. The number of rotatable bonds is 7. The Morgan fingerprint density at radius 1 is 1.15 bits per heavy atom. The average Bonchev–Trinajstić information content (AvgIpc) is 2.70. The molecule has 2 aromatic heterocycles. The summed E-state index contributed by atoms with van der Waals surface area (Å²) in [6.45, 7) is 0. The maximum absolute atomic E-state index is 12.9. The maximum Gasteiger partial charge on any atom is 0.326 e. The number of fused-ring (bicyclic) bond motifs is 1. The number of benzene rings is 1. The molecule has 0 saturated carbocycles. The fraction of sp³-hybridized carbons (Fsp3) is 0.200. The van der Waals surface area contributed by atoms with Gasteiger partial charge in [-0.15, -0.1) is 0 Å². The van der Waals surface area contributed by atoms with Crippen LogP contribution < -0.4 is 5.32 Å². The van der Waals surface area contributed by atoms with Gasteiger partial charge in [0.2, 0.25) is 0 Å². The molecule has 0 unspecified atom stereocenters. The molecule has 2 heterocycles. The van der Waals surface area contributed by atoms with Crippen molar-refractivity contribution in [2.24, 2.45) is 0 Å². The van der Waals surface area contributed by atoms with Crippen LogP contribution >= 0.6 is 11.8 Å². The van der Waals surface area contributed by atoms with E-state index in [2.05, 4.69) is 15.3 Å². The highest BCUT2D eigenvalue weighted by molar-refractivity contribution is 7.98. The van der Waals surface area contributed by atoms with Crippen LogP contribution in [-0.2, 0) is 4.79 Å². The zero-order valence-electron chi connectivity index (χ0n) is 14.8. The number of hydrogen-bond acceptors (Lipinski definition) is 5. The maximum atomic E-state index is 12.9. The fourth-order valence-corrected chi connectivity index (χ4v) is 3.21. The van der Waals surface area contributed by atoms with E-state index in [4.69, 9.17) is 0 Å². The molecule has 0 bridgehead atoms. The third-order valence-corrected chi connectivity index (χ3v) is 4.75. The van der Waals surface area contributed by atoms with Crippen molar-refractivity contribution in [1.29, 1.82) is 0 Å². The van der Waals surface area contributed by atoms with E-state index in [0.29, 0.717) is 40.0 Å². The quantitative estimate of drug-likeness (QED) is 0.653. The molecular weight excluding hydrogens is 362 g/mol. The van der Waals surface area contributed by atoms with E-state index in [-0.39, 0.29) is 0 Å². The Bertz CT molecular complexity index is 963. The number of para-hydroxylation sites is 1. The lowest BCUT2D eigenvalue weighted by Gasteiger charge is -2.15. The molecule has 3 aromatic rings. The minimum atomic E-state index is -1.04. The summed E-state index contributed by atoms with van der Waals surface area (Å²) >= 11 is 1.54. The van der Waals surface area contributed by atoms with Crippen molar-refractivity contribution in [3.8, 4) is 11.4 Å². The van der Waals surface area contributed by atoms with Crippen molar-refractivity contribution in [3.63, 3.8) is 0 Å². The van der Waals surface area contributed by atoms with Gasteiger partial charge in [-0.05, 0) is 42.7 Å². The first-order valence-corrected chi connectivity index (χ1v) is 9.83. The van der Waals surface area contributed by atoms with Gasteiger partial charge in [0.15, 0.2) is 0 Å². The van der Waals surface area contributed by atoms with E-state index in [0.717, 1.165) is 0 Å². The van der Waals surface area contributed by atoms with Crippen LogP contribution in [0, 0.1) is 0 Å². The Morgan fingerprint density at radius 3 is 2.63 bits per heavy atom. The molecule has 0 aliphatic carbocycles. The number of carbonyl (C=O) groups is 2. The molecule has 6 nitrogen and oxygen atoms in total. The van der Waals surface area contributed by atoms with Crippen molar-refractivity contribution in [1.82, 2.24) is 15.3 Å². The molecule has 138 valence electrons. The van der Waals surface area contributed by atoms with Crippen LogP contribution in [0.5, 0.6) is 0 Å². The topological polar surface area (TPSA) is 92.2 Å². The molecule has 1 aromatic carbocycles. The normalized spacial score (nSPS) is 11.9. The zero-order chi connectivity index (χ0) is 19.2. The van der Waals surface area contributed by atoms with Gasteiger partial charge in [-0.25, -0.2) is 9.78 Å². The number of hydrogen-bond donors (Lipinski definition) is 2. The smallest absolute Gasteiger partial charge is 0.326 e. The number of carboxylic acid groups (broad SMARTS) is 1. The molecule has 1 amide bonds. The van der Waals surface area contributed by atoms with Crippen LogP contribution in [0.3, 0.4) is 0 Å². The highest BCUT2D eigenvalue weighted by Gasteiger charge is 2.22. The third-order valence-electron chi connectivity index (χ3n) is 4.10. The second-order valence-electron chi connectivity index (χ2n) is 5.93. The zero-order valence-corrected chi connectivity index (χ0v) is 15.6. The Balaban J connectivity index is 2.01. The minimum Gasteiger partial charge on any atom is -0.480 e. The van der Waals surface area contributed by atoms with E-state index in [1.54, 1.807) is 24.4 Å². The lowest BCUT2D eigenvalue weighted by atomic mass is 10.0. The molecule has 0 fully saturated rings. The summed E-state index contributed by atoms with van der Waals surface area (Å²) in [5, 5.41) is 12.7. The van der Waals surface area contributed by atoms with Crippen LogP contribution in [0.2, 0.25) is 0 Å². The number of amides is 1. The van der Waals surface area contributed by atoms with Crippen molar-refractivity contribution in [2.45, 2.75) is 12.5 Å². The highest BCUT2D eigenvalue weighted by atomic mass is 32.2. The summed E-state index contributed by atoms with van der Waals surface area (Å²) in [4.78, 5) is 33.3. The van der Waals surface area contributed by atoms with Gasteiger partial charge in [0.1, 0.15) is 6.04 Å². The van der Waals surface area contributed by atoms with Crippen molar-refractivity contribution < 1.29 is 14.7 Å². The van der Waals surface area contributed by atoms with Crippen LogP contribution in [0.15, 0.2) is 54.7 Å². The fourth-order valence-electron chi connectivity index (χ4n) is 2.74. The SMILES string of the molecule is CSCC[C@H](NC(=O)c1cc(-c2ccccn2)nc2ccccc12)C(=O)O. The predicted octanol–water partition coefficient (Wildman–Crippen LogP) is 3.23. The van der Waals surface area contributed by atoms with Gasteiger partial charge in [-0.1, -0.05) is 24.3 Å². The Labute approximate surface area is 161 Å². The number of pyridine rings is 2. The van der Waals surface area contributed by atoms with Crippen LogP contribution in [-0.4, -0.2) is 45.0 Å². The number of nitrogens with one attached hydrogen (secondary N) is 1. The summed E-state index contributed by atoms with van der Waals surface area (Å²) in [7, 11) is 0. The molecule has 0 radical (unpaired) electrons. The van der Waals surface area contributed by atoms with Crippen molar-refractivity contribution >= 4 is 34.5 Å². The second-order valence-corrected chi connectivity index (χ2v) is 6.92. The molecule has 2 N–H and O–H groups in total. The molecular formula is C20H19N3O3S. The van der Waals surface area contributed by atoms with E-state index in [9.17, 15) is 14.7 Å². The molecule has 1 atom stereocenters. The van der Waals surface area contributed by atoms with Crippen LogP contribution in [0.25, 0.3) is 22.3 Å². The van der Waals surface area contributed by atoms with Gasteiger partial charge < -0.3 is 10.4 Å². The number of carboxylic acids is 1. The summed E-state index contributed by atoms with van der Waals surface area (Å²) in [6.07, 6.45) is 3.92. The van der Waals surface area contributed by atoms with E-state index in [1.165, 1.54) is 11.8 Å². The summed E-state index contributed by atoms with van der Waals surface area (Å²) in [5.74, 6) is -0.826. The van der Waals surface area contributed by atoms with Crippen molar-refractivity contribution in [3.05, 3.63) is 60.3 Å². The van der Waals surface area contributed by atoms with Gasteiger partial charge in [-0.2, -0.15) is 11.8 Å².